The van der Waals surface area contributed by atoms with E-state index in [1.54, 1.807) is 6.92 Å². The second-order valence-corrected chi connectivity index (χ2v) is 4.47. The lowest BCUT2D eigenvalue weighted by molar-refractivity contribution is 0.0988. The Bertz CT molecular complexity index is 630. The van der Waals surface area contributed by atoms with E-state index in [1.807, 2.05) is 0 Å². The Labute approximate surface area is 114 Å². The standard InChI is InChI=1S/C13H13F2N3O2/c1-7-4-11(20-17-7)13(19)16-8-5-9(14)12(18(2)3)10(15)6-8/h4-6H,1-3H3,(H,16,19). The quantitative estimate of drug-likeness (QED) is 0.939. The molecule has 0 spiro atoms. The van der Waals surface area contributed by atoms with E-state index in [4.69, 9.17) is 4.52 Å². The van der Waals surface area contributed by atoms with Crippen molar-refractivity contribution in [2.75, 3.05) is 24.3 Å². The maximum Gasteiger partial charge on any atom is 0.294 e. The minimum Gasteiger partial charge on any atom is -0.373 e. The van der Waals surface area contributed by atoms with Crippen LogP contribution in [0.3, 0.4) is 0 Å². The smallest absolute Gasteiger partial charge is 0.294 e. The summed E-state index contributed by atoms with van der Waals surface area (Å²) in [5.74, 6) is -2.18. The molecular weight excluding hydrogens is 268 g/mol. The number of benzene rings is 1. The van der Waals surface area contributed by atoms with Crippen molar-refractivity contribution in [3.8, 4) is 0 Å². The van der Waals surface area contributed by atoms with E-state index in [-0.39, 0.29) is 17.1 Å². The number of nitrogens with zero attached hydrogens (tertiary/aromatic N) is 2. The summed E-state index contributed by atoms with van der Waals surface area (Å²) in [7, 11) is 3.05. The number of hydrogen-bond acceptors (Lipinski definition) is 4. The highest BCUT2D eigenvalue weighted by atomic mass is 19.1. The van der Waals surface area contributed by atoms with E-state index in [2.05, 4.69) is 10.5 Å². The first-order valence-electron chi connectivity index (χ1n) is 5.79. The molecule has 0 unspecified atom stereocenters. The van der Waals surface area contributed by atoms with E-state index in [0.29, 0.717) is 5.69 Å². The van der Waals surface area contributed by atoms with Crippen molar-refractivity contribution in [1.82, 2.24) is 5.16 Å². The van der Waals surface area contributed by atoms with Crippen molar-refractivity contribution in [1.29, 1.82) is 0 Å². The fraction of sp³-hybridized carbons (Fsp3) is 0.231. The van der Waals surface area contributed by atoms with Crippen LogP contribution in [0, 0.1) is 18.6 Å². The number of anilines is 2. The molecule has 5 nitrogen and oxygen atoms in total. The van der Waals surface area contributed by atoms with Crippen molar-refractivity contribution in [2.45, 2.75) is 6.92 Å². The minimum atomic E-state index is -0.765. The number of halogens is 2. The molecule has 0 bridgehead atoms. The van der Waals surface area contributed by atoms with Crippen LogP contribution in [0.5, 0.6) is 0 Å². The minimum absolute atomic E-state index is 0.00431. The number of carbonyl (C=O) groups is 1. The number of hydrogen-bond donors (Lipinski definition) is 1. The van der Waals surface area contributed by atoms with Gasteiger partial charge in [0.25, 0.3) is 5.91 Å². The van der Waals surface area contributed by atoms with Gasteiger partial charge in [0.1, 0.15) is 5.69 Å². The summed E-state index contributed by atoms with van der Waals surface area (Å²) in [6.45, 7) is 1.66. The zero-order valence-electron chi connectivity index (χ0n) is 11.2. The van der Waals surface area contributed by atoms with Gasteiger partial charge < -0.3 is 14.7 Å². The zero-order valence-corrected chi connectivity index (χ0v) is 11.2. The third-order valence-corrected chi connectivity index (χ3v) is 2.57. The van der Waals surface area contributed by atoms with Crippen LogP contribution in [0.2, 0.25) is 0 Å². The van der Waals surface area contributed by atoms with Gasteiger partial charge in [-0.1, -0.05) is 5.16 Å². The number of aryl methyl sites for hydroxylation is 1. The number of nitrogens with one attached hydrogen (secondary N) is 1. The summed E-state index contributed by atoms with van der Waals surface area (Å²) >= 11 is 0. The summed E-state index contributed by atoms with van der Waals surface area (Å²) < 4.78 is 32.3. The van der Waals surface area contributed by atoms with Crippen LogP contribution in [0.15, 0.2) is 22.7 Å². The lowest BCUT2D eigenvalue weighted by Gasteiger charge is -2.15. The predicted octanol–water partition coefficient (Wildman–Crippen LogP) is 2.58. The van der Waals surface area contributed by atoms with Gasteiger partial charge in [0, 0.05) is 25.8 Å². The molecule has 2 rings (SSSR count). The van der Waals surface area contributed by atoms with Gasteiger partial charge >= 0.3 is 0 Å². The SMILES string of the molecule is Cc1cc(C(=O)Nc2cc(F)c(N(C)C)c(F)c2)on1. The molecule has 1 heterocycles. The third-order valence-electron chi connectivity index (χ3n) is 2.57. The van der Waals surface area contributed by atoms with Crippen LogP contribution in [0.4, 0.5) is 20.2 Å². The summed E-state index contributed by atoms with van der Waals surface area (Å²) in [6.07, 6.45) is 0. The first kappa shape index (κ1) is 14.0. The fourth-order valence-corrected chi connectivity index (χ4v) is 1.73. The molecule has 0 radical (unpaired) electrons. The maximum atomic E-state index is 13.7. The molecule has 7 heteroatoms. The lowest BCUT2D eigenvalue weighted by atomic mass is 10.2. The molecule has 0 aliphatic rings. The molecule has 0 saturated carbocycles. The van der Waals surface area contributed by atoms with Crippen LogP contribution in [0.1, 0.15) is 16.2 Å². The van der Waals surface area contributed by atoms with Crippen LogP contribution < -0.4 is 10.2 Å². The molecule has 0 fully saturated rings. The van der Waals surface area contributed by atoms with E-state index < -0.39 is 17.5 Å². The molecule has 1 aromatic heterocycles. The Morgan fingerprint density at radius 3 is 2.30 bits per heavy atom. The summed E-state index contributed by atoms with van der Waals surface area (Å²) in [5, 5.41) is 5.91. The first-order valence-corrected chi connectivity index (χ1v) is 5.79. The zero-order chi connectivity index (χ0) is 14.9. The van der Waals surface area contributed by atoms with Crippen LogP contribution >= 0.6 is 0 Å². The first-order chi connectivity index (χ1) is 9.38. The van der Waals surface area contributed by atoms with Gasteiger partial charge in [-0.05, 0) is 19.1 Å². The average Bonchev–Trinajstić information content (AvgIpc) is 2.74. The van der Waals surface area contributed by atoms with Crippen molar-refractivity contribution in [3.05, 3.63) is 41.3 Å². The predicted molar refractivity (Wildman–Crippen MR) is 69.9 cm³/mol. The summed E-state index contributed by atoms with van der Waals surface area (Å²) in [6, 6.07) is 3.51. The van der Waals surface area contributed by atoms with Crippen LogP contribution in [-0.2, 0) is 0 Å². The van der Waals surface area contributed by atoms with Crippen molar-refractivity contribution >= 4 is 17.3 Å². The number of carbonyl (C=O) groups excluding carboxylic acids is 1. The highest BCUT2D eigenvalue weighted by Crippen LogP contribution is 2.25. The number of amides is 1. The van der Waals surface area contributed by atoms with E-state index in [9.17, 15) is 13.6 Å². The van der Waals surface area contributed by atoms with Crippen LogP contribution in [-0.4, -0.2) is 25.2 Å². The largest absolute Gasteiger partial charge is 0.373 e. The highest BCUT2D eigenvalue weighted by Gasteiger charge is 2.16. The summed E-state index contributed by atoms with van der Waals surface area (Å²) in [5.41, 5.74) is 0.374. The Morgan fingerprint density at radius 2 is 1.85 bits per heavy atom. The molecule has 1 N–H and O–H groups in total. The monoisotopic (exact) mass is 281 g/mol. The van der Waals surface area contributed by atoms with Crippen LogP contribution in [0.25, 0.3) is 0 Å². The molecule has 0 saturated heterocycles. The second-order valence-electron chi connectivity index (χ2n) is 4.47. The van der Waals surface area contributed by atoms with Gasteiger partial charge in [-0.2, -0.15) is 0 Å². The Morgan fingerprint density at radius 1 is 1.25 bits per heavy atom. The highest BCUT2D eigenvalue weighted by molar-refractivity contribution is 6.02. The molecule has 1 aromatic carbocycles. The lowest BCUT2D eigenvalue weighted by Crippen LogP contribution is -2.15. The number of rotatable bonds is 3. The molecule has 20 heavy (non-hydrogen) atoms. The normalized spacial score (nSPS) is 10.4. The van der Waals surface area contributed by atoms with Gasteiger partial charge in [0.15, 0.2) is 11.6 Å². The number of aromatic nitrogens is 1. The third kappa shape index (κ3) is 2.76. The molecule has 0 aliphatic heterocycles. The Hall–Kier alpha value is -2.44. The van der Waals surface area contributed by atoms with Gasteiger partial charge in [0.05, 0.1) is 5.69 Å². The molecule has 0 aliphatic carbocycles. The molecule has 106 valence electrons. The Kier molecular flexibility index (Phi) is 3.69. The summed E-state index contributed by atoms with van der Waals surface area (Å²) in [4.78, 5) is 13.1. The van der Waals surface area contributed by atoms with E-state index >= 15 is 0 Å². The maximum absolute atomic E-state index is 13.7. The van der Waals surface area contributed by atoms with Gasteiger partial charge in [-0.25, -0.2) is 8.78 Å². The molecular formula is C13H13F2N3O2. The van der Waals surface area contributed by atoms with Gasteiger partial charge in [-0.3, -0.25) is 4.79 Å². The second kappa shape index (κ2) is 5.28. The molecule has 0 atom stereocenters. The average molecular weight is 281 g/mol. The molecule has 2 aromatic rings. The fourth-order valence-electron chi connectivity index (χ4n) is 1.73. The molecule has 1 amide bonds. The van der Waals surface area contributed by atoms with E-state index in [1.165, 1.54) is 25.1 Å². The topological polar surface area (TPSA) is 58.4 Å². The van der Waals surface area contributed by atoms with Crippen molar-refractivity contribution < 1.29 is 18.1 Å². The van der Waals surface area contributed by atoms with E-state index in [0.717, 1.165) is 12.1 Å². The Balaban J connectivity index is 2.24. The van der Waals surface area contributed by atoms with Gasteiger partial charge in [-0.15, -0.1) is 0 Å². The van der Waals surface area contributed by atoms with Crippen molar-refractivity contribution in [3.63, 3.8) is 0 Å². The van der Waals surface area contributed by atoms with Gasteiger partial charge in [0.2, 0.25) is 5.76 Å². The van der Waals surface area contributed by atoms with Crippen molar-refractivity contribution in [2.24, 2.45) is 0 Å².